The first-order valence-electron chi connectivity index (χ1n) is 8.62. The predicted molar refractivity (Wildman–Crippen MR) is 106 cm³/mol. The fourth-order valence-electron chi connectivity index (χ4n) is 2.59. The molecule has 0 aliphatic carbocycles. The zero-order valence-corrected chi connectivity index (χ0v) is 15.7. The molecule has 2 aromatic rings. The summed E-state index contributed by atoms with van der Waals surface area (Å²) in [6.45, 7) is 5.52. The summed E-state index contributed by atoms with van der Waals surface area (Å²) in [4.78, 5) is 34.3. The van der Waals surface area contributed by atoms with Crippen LogP contribution in [0.5, 0.6) is 5.75 Å². The number of carbonyl (C=O) groups is 1. The third kappa shape index (κ3) is 5.25. The van der Waals surface area contributed by atoms with Crippen molar-refractivity contribution in [3.05, 3.63) is 67.8 Å². The van der Waals surface area contributed by atoms with Gasteiger partial charge in [0.1, 0.15) is 5.75 Å². The lowest BCUT2D eigenvalue weighted by molar-refractivity contribution is -0.394. The van der Waals surface area contributed by atoms with Crippen LogP contribution in [0.15, 0.2) is 41.5 Å². The number of amides is 1. The molecule has 1 amide bonds. The van der Waals surface area contributed by atoms with Gasteiger partial charge in [-0.05, 0) is 26.0 Å². The number of aromatic hydroxyl groups is 1. The molecular formula is C18H19N5O6. The number of benzene rings is 2. The maximum atomic E-state index is 12.2. The first-order chi connectivity index (χ1) is 13.8. The van der Waals surface area contributed by atoms with Crippen molar-refractivity contribution in [1.82, 2.24) is 5.43 Å². The van der Waals surface area contributed by atoms with Gasteiger partial charge in [0, 0.05) is 42.5 Å². The van der Waals surface area contributed by atoms with Crippen molar-refractivity contribution in [2.75, 3.05) is 18.0 Å². The molecule has 0 heterocycles. The Bertz CT molecular complexity index is 939. The molecule has 11 nitrogen and oxygen atoms in total. The minimum Gasteiger partial charge on any atom is -0.507 e. The van der Waals surface area contributed by atoms with Gasteiger partial charge in [0.05, 0.1) is 27.7 Å². The molecular weight excluding hydrogens is 382 g/mol. The molecule has 0 aliphatic heterocycles. The number of hydrazone groups is 1. The quantitative estimate of drug-likeness (QED) is 0.392. The summed E-state index contributed by atoms with van der Waals surface area (Å²) in [5, 5.41) is 35.6. The first-order valence-corrected chi connectivity index (χ1v) is 8.62. The van der Waals surface area contributed by atoms with E-state index < -0.39 is 27.1 Å². The van der Waals surface area contributed by atoms with Gasteiger partial charge in [0.2, 0.25) is 0 Å². The number of phenols is 1. The van der Waals surface area contributed by atoms with Crippen LogP contribution in [0.4, 0.5) is 17.1 Å². The summed E-state index contributed by atoms with van der Waals surface area (Å²) in [7, 11) is 0. The second-order valence-electron chi connectivity index (χ2n) is 5.87. The molecule has 0 saturated heterocycles. The lowest BCUT2D eigenvalue weighted by Crippen LogP contribution is -2.21. The number of nitro benzene ring substituents is 2. The number of hydrogen-bond acceptors (Lipinski definition) is 8. The Morgan fingerprint density at radius 1 is 1.10 bits per heavy atom. The number of nitro groups is 2. The molecule has 0 unspecified atom stereocenters. The van der Waals surface area contributed by atoms with Crippen LogP contribution in [-0.4, -0.2) is 40.2 Å². The van der Waals surface area contributed by atoms with Crippen LogP contribution in [0.1, 0.15) is 29.8 Å². The topological polar surface area (TPSA) is 151 Å². The Hall–Kier alpha value is -4.02. The average Bonchev–Trinajstić information content (AvgIpc) is 2.69. The molecule has 0 saturated carbocycles. The van der Waals surface area contributed by atoms with Gasteiger partial charge in [-0.25, -0.2) is 5.43 Å². The summed E-state index contributed by atoms with van der Waals surface area (Å²) >= 11 is 0. The molecule has 29 heavy (non-hydrogen) atoms. The Kier molecular flexibility index (Phi) is 6.80. The summed E-state index contributed by atoms with van der Waals surface area (Å²) < 4.78 is 0. The highest BCUT2D eigenvalue weighted by Gasteiger charge is 2.19. The van der Waals surface area contributed by atoms with Crippen LogP contribution in [0.2, 0.25) is 0 Å². The number of carbonyl (C=O) groups excluding carboxylic acids is 1. The van der Waals surface area contributed by atoms with E-state index in [-0.39, 0.29) is 11.3 Å². The summed E-state index contributed by atoms with van der Waals surface area (Å²) in [6, 6.07) is 7.56. The van der Waals surface area contributed by atoms with Crippen LogP contribution in [0.25, 0.3) is 0 Å². The molecule has 2 rings (SSSR count). The van der Waals surface area contributed by atoms with Crippen molar-refractivity contribution in [3.63, 3.8) is 0 Å². The van der Waals surface area contributed by atoms with Crippen LogP contribution in [0.3, 0.4) is 0 Å². The molecule has 0 fully saturated rings. The number of non-ortho nitro benzene ring substituents is 2. The number of anilines is 1. The molecule has 0 aromatic heterocycles. The molecule has 0 spiro atoms. The van der Waals surface area contributed by atoms with Crippen LogP contribution < -0.4 is 10.3 Å². The van der Waals surface area contributed by atoms with Crippen molar-refractivity contribution in [2.24, 2.45) is 5.10 Å². The maximum Gasteiger partial charge on any atom is 0.277 e. The zero-order valence-electron chi connectivity index (χ0n) is 15.7. The smallest absolute Gasteiger partial charge is 0.277 e. The highest BCUT2D eigenvalue weighted by atomic mass is 16.6. The van der Waals surface area contributed by atoms with E-state index in [4.69, 9.17) is 0 Å². The lowest BCUT2D eigenvalue weighted by atomic mass is 10.1. The van der Waals surface area contributed by atoms with Gasteiger partial charge in [-0.1, -0.05) is 0 Å². The molecule has 2 aromatic carbocycles. The Morgan fingerprint density at radius 2 is 1.69 bits per heavy atom. The molecule has 0 aliphatic rings. The van der Waals surface area contributed by atoms with Crippen molar-refractivity contribution in [3.8, 4) is 5.75 Å². The van der Waals surface area contributed by atoms with E-state index in [0.717, 1.165) is 37.0 Å². The second-order valence-corrected chi connectivity index (χ2v) is 5.87. The minimum absolute atomic E-state index is 0.0432. The van der Waals surface area contributed by atoms with E-state index in [2.05, 4.69) is 10.5 Å². The number of hydrogen-bond donors (Lipinski definition) is 2. The van der Waals surface area contributed by atoms with Crippen LogP contribution in [-0.2, 0) is 0 Å². The fourth-order valence-corrected chi connectivity index (χ4v) is 2.59. The molecule has 2 N–H and O–H groups in total. The fraction of sp³-hybridized carbons (Fsp3) is 0.222. The van der Waals surface area contributed by atoms with Gasteiger partial charge in [-0.15, -0.1) is 0 Å². The van der Waals surface area contributed by atoms with Gasteiger partial charge >= 0.3 is 0 Å². The predicted octanol–water partition coefficient (Wildman–Crippen LogP) is 2.82. The van der Waals surface area contributed by atoms with Crippen molar-refractivity contribution in [1.29, 1.82) is 0 Å². The van der Waals surface area contributed by atoms with E-state index in [9.17, 15) is 30.1 Å². The Labute approximate surface area is 165 Å². The summed E-state index contributed by atoms with van der Waals surface area (Å²) in [5.74, 6) is -0.911. The van der Waals surface area contributed by atoms with E-state index in [1.54, 1.807) is 18.2 Å². The highest BCUT2D eigenvalue weighted by Crippen LogP contribution is 2.24. The maximum absolute atomic E-state index is 12.2. The van der Waals surface area contributed by atoms with Gasteiger partial charge in [-0.2, -0.15) is 5.10 Å². The highest BCUT2D eigenvalue weighted by molar-refractivity contribution is 5.96. The number of rotatable bonds is 8. The van der Waals surface area contributed by atoms with Crippen molar-refractivity contribution >= 4 is 29.2 Å². The van der Waals surface area contributed by atoms with Crippen LogP contribution >= 0.6 is 0 Å². The number of nitrogens with zero attached hydrogens (tertiary/aromatic N) is 4. The van der Waals surface area contributed by atoms with Gasteiger partial charge in [0.15, 0.2) is 0 Å². The van der Waals surface area contributed by atoms with E-state index in [0.29, 0.717) is 5.56 Å². The minimum atomic E-state index is -0.868. The Balaban J connectivity index is 2.17. The second kappa shape index (κ2) is 9.26. The van der Waals surface area contributed by atoms with Crippen molar-refractivity contribution < 1.29 is 19.7 Å². The largest absolute Gasteiger partial charge is 0.507 e. The molecule has 0 bridgehead atoms. The zero-order chi connectivity index (χ0) is 21.6. The average molecular weight is 401 g/mol. The standard InChI is InChI=1S/C18H19N5O6/c1-3-21(4-2)14-6-5-12(17(24)10-14)11-19-20-18(25)13-7-15(22(26)27)9-16(8-13)23(28)29/h5-11,24H,3-4H2,1-2H3,(H,20,25)/b19-11-. The summed E-state index contributed by atoms with van der Waals surface area (Å²) in [5.41, 5.74) is 1.84. The monoisotopic (exact) mass is 401 g/mol. The van der Waals surface area contributed by atoms with Gasteiger partial charge in [-0.3, -0.25) is 25.0 Å². The number of phenolic OH excluding ortho intramolecular Hbond substituents is 1. The summed E-state index contributed by atoms with van der Waals surface area (Å²) in [6.07, 6.45) is 1.20. The van der Waals surface area contributed by atoms with Crippen molar-refractivity contribution in [2.45, 2.75) is 13.8 Å². The normalized spacial score (nSPS) is 10.7. The third-order valence-electron chi connectivity index (χ3n) is 4.10. The Morgan fingerprint density at radius 3 is 2.17 bits per heavy atom. The van der Waals surface area contributed by atoms with Crippen LogP contribution in [0, 0.1) is 20.2 Å². The van der Waals surface area contributed by atoms with E-state index in [1.165, 1.54) is 6.21 Å². The van der Waals surface area contributed by atoms with Gasteiger partial charge in [0.25, 0.3) is 17.3 Å². The SMILES string of the molecule is CCN(CC)c1ccc(/C=N\NC(=O)c2cc([N+](=O)[O-])cc([N+](=O)[O-])c2)c(O)c1. The molecule has 11 heteroatoms. The molecule has 0 radical (unpaired) electrons. The lowest BCUT2D eigenvalue weighted by Gasteiger charge is -2.21. The first kappa shape index (κ1) is 21.3. The third-order valence-corrected chi connectivity index (χ3v) is 4.10. The van der Waals surface area contributed by atoms with E-state index >= 15 is 0 Å². The molecule has 0 atom stereocenters. The molecule has 152 valence electrons. The van der Waals surface area contributed by atoms with Gasteiger partial charge < -0.3 is 10.0 Å². The van der Waals surface area contributed by atoms with E-state index in [1.807, 2.05) is 18.7 Å². The number of nitrogens with one attached hydrogen (secondary N) is 1.